The maximum atomic E-state index is 10.8. The number of hydrogen-bond acceptors (Lipinski definition) is 5. The average Bonchev–Trinajstić information content (AvgIpc) is 2.84. The van der Waals surface area contributed by atoms with Crippen LogP contribution in [0.5, 0.6) is 0 Å². The maximum Gasteiger partial charge on any atom is 0.240 e. The molecule has 1 aromatic rings. The van der Waals surface area contributed by atoms with Crippen LogP contribution in [0.4, 0.5) is 0 Å². The molecule has 2 rings (SSSR count). The summed E-state index contributed by atoms with van der Waals surface area (Å²) in [5.74, 6) is 1.64. The molecular formula is C13H21N3O2. The second-order valence-corrected chi connectivity index (χ2v) is 4.98. The Bertz CT molecular complexity index is 378. The number of hydrogen-bond donors (Lipinski definition) is 0. The molecule has 1 aromatic heterocycles. The number of aldehydes is 1. The summed E-state index contributed by atoms with van der Waals surface area (Å²) in [6, 6.07) is 0. The third-order valence-electron chi connectivity index (χ3n) is 3.36. The fourth-order valence-corrected chi connectivity index (χ4v) is 2.33. The third-order valence-corrected chi connectivity index (χ3v) is 3.36. The van der Waals surface area contributed by atoms with Crippen LogP contribution in [0.25, 0.3) is 0 Å². The third kappa shape index (κ3) is 3.63. The zero-order chi connectivity index (χ0) is 12.8. The van der Waals surface area contributed by atoms with Crippen molar-refractivity contribution in [1.29, 1.82) is 0 Å². The number of rotatable bonds is 6. The highest BCUT2D eigenvalue weighted by Crippen LogP contribution is 2.16. The van der Waals surface area contributed by atoms with Gasteiger partial charge >= 0.3 is 0 Å². The van der Waals surface area contributed by atoms with E-state index in [2.05, 4.69) is 22.0 Å². The van der Waals surface area contributed by atoms with Crippen molar-refractivity contribution in [3.8, 4) is 0 Å². The van der Waals surface area contributed by atoms with E-state index >= 15 is 0 Å². The average molecular weight is 251 g/mol. The lowest BCUT2D eigenvalue weighted by Gasteiger charge is -2.28. The Hall–Kier alpha value is -1.23. The molecular weight excluding hydrogens is 230 g/mol. The van der Waals surface area contributed by atoms with Gasteiger partial charge in [0, 0.05) is 18.9 Å². The highest BCUT2D eigenvalue weighted by atomic mass is 16.5. The number of likely N-dealkylation sites (tertiary alicyclic amines) is 1. The molecule has 0 aromatic carbocycles. The van der Waals surface area contributed by atoms with Gasteiger partial charge in [-0.05, 0) is 25.8 Å². The van der Waals surface area contributed by atoms with Crippen molar-refractivity contribution in [2.75, 3.05) is 13.1 Å². The Morgan fingerprint density at radius 3 is 3.22 bits per heavy atom. The summed E-state index contributed by atoms with van der Waals surface area (Å²) in [5.41, 5.74) is 0. The molecule has 1 unspecified atom stereocenters. The van der Waals surface area contributed by atoms with E-state index in [0.29, 0.717) is 12.4 Å². The van der Waals surface area contributed by atoms with Gasteiger partial charge in [0.15, 0.2) is 5.82 Å². The topological polar surface area (TPSA) is 59.2 Å². The number of nitrogens with zero attached hydrogens (tertiary/aromatic N) is 3. The SMILES string of the molecule is CCCCc1noc(CN2CCCC(C=O)C2)n1. The van der Waals surface area contributed by atoms with Gasteiger partial charge in [0.2, 0.25) is 5.89 Å². The van der Waals surface area contributed by atoms with Crippen LogP contribution in [-0.4, -0.2) is 34.4 Å². The minimum absolute atomic E-state index is 0.168. The Morgan fingerprint density at radius 1 is 1.56 bits per heavy atom. The van der Waals surface area contributed by atoms with E-state index < -0.39 is 0 Å². The normalized spacial score (nSPS) is 21.1. The highest BCUT2D eigenvalue weighted by molar-refractivity contribution is 5.53. The van der Waals surface area contributed by atoms with Gasteiger partial charge in [-0.2, -0.15) is 4.98 Å². The Morgan fingerprint density at radius 2 is 2.44 bits per heavy atom. The van der Waals surface area contributed by atoms with Crippen molar-refractivity contribution >= 4 is 6.29 Å². The first kappa shape index (κ1) is 13.2. The van der Waals surface area contributed by atoms with Crippen molar-refractivity contribution in [3.63, 3.8) is 0 Å². The number of piperidine rings is 1. The molecule has 0 aliphatic carbocycles. The zero-order valence-corrected chi connectivity index (χ0v) is 11.0. The summed E-state index contributed by atoms with van der Waals surface area (Å²) in [6.07, 6.45) is 6.25. The van der Waals surface area contributed by atoms with E-state index in [0.717, 1.165) is 57.3 Å². The van der Waals surface area contributed by atoms with E-state index in [9.17, 15) is 4.79 Å². The van der Waals surface area contributed by atoms with Crippen molar-refractivity contribution in [2.24, 2.45) is 5.92 Å². The van der Waals surface area contributed by atoms with Gasteiger partial charge in [0.05, 0.1) is 6.54 Å². The summed E-state index contributed by atoms with van der Waals surface area (Å²) in [4.78, 5) is 17.4. The lowest BCUT2D eigenvalue weighted by molar-refractivity contribution is -0.112. The summed E-state index contributed by atoms with van der Waals surface area (Å²) in [5, 5.41) is 3.98. The monoisotopic (exact) mass is 251 g/mol. The molecule has 5 heteroatoms. The van der Waals surface area contributed by atoms with Gasteiger partial charge in [0.25, 0.3) is 0 Å². The van der Waals surface area contributed by atoms with Crippen molar-refractivity contribution in [3.05, 3.63) is 11.7 Å². The molecule has 0 N–H and O–H groups in total. The minimum Gasteiger partial charge on any atom is -0.338 e. The van der Waals surface area contributed by atoms with Gasteiger partial charge in [-0.15, -0.1) is 0 Å². The van der Waals surface area contributed by atoms with Crippen LogP contribution in [0, 0.1) is 5.92 Å². The van der Waals surface area contributed by atoms with Gasteiger partial charge in [0.1, 0.15) is 6.29 Å². The fourth-order valence-electron chi connectivity index (χ4n) is 2.33. The standard InChI is InChI=1S/C13H21N3O2/c1-2-3-6-12-14-13(18-15-12)9-16-7-4-5-11(8-16)10-17/h10-11H,2-9H2,1H3. The van der Waals surface area contributed by atoms with Gasteiger partial charge in [-0.25, -0.2) is 0 Å². The molecule has 5 nitrogen and oxygen atoms in total. The summed E-state index contributed by atoms with van der Waals surface area (Å²) in [7, 11) is 0. The number of unbranched alkanes of at least 4 members (excludes halogenated alkanes) is 1. The molecule has 2 heterocycles. The quantitative estimate of drug-likeness (QED) is 0.722. The van der Waals surface area contributed by atoms with Crippen LogP contribution >= 0.6 is 0 Å². The summed E-state index contributed by atoms with van der Waals surface area (Å²) < 4.78 is 5.24. The van der Waals surface area contributed by atoms with Crippen LogP contribution < -0.4 is 0 Å². The van der Waals surface area contributed by atoms with E-state index in [-0.39, 0.29) is 5.92 Å². The second kappa shape index (κ2) is 6.64. The molecule has 1 aliphatic rings. The van der Waals surface area contributed by atoms with Gasteiger partial charge in [-0.3, -0.25) is 4.90 Å². The predicted molar refractivity (Wildman–Crippen MR) is 67.0 cm³/mol. The Balaban J connectivity index is 1.84. The lowest BCUT2D eigenvalue weighted by atomic mass is 10.00. The van der Waals surface area contributed by atoms with Crippen molar-refractivity contribution in [1.82, 2.24) is 15.0 Å². The second-order valence-electron chi connectivity index (χ2n) is 4.98. The van der Waals surface area contributed by atoms with Crippen molar-refractivity contribution < 1.29 is 9.32 Å². The molecule has 0 spiro atoms. The minimum atomic E-state index is 0.168. The molecule has 100 valence electrons. The molecule has 0 saturated carbocycles. The molecule has 0 amide bonds. The van der Waals surface area contributed by atoms with E-state index in [4.69, 9.17) is 4.52 Å². The largest absolute Gasteiger partial charge is 0.338 e. The maximum absolute atomic E-state index is 10.8. The lowest BCUT2D eigenvalue weighted by Crippen LogP contribution is -2.35. The molecule has 0 bridgehead atoms. The fraction of sp³-hybridized carbons (Fsp3) is 0.769. The number of carbonyl (C=O) groups is 1. The van der Waals surface area contributed by atoms with Crippen LogP contribution in [0.1, 0.15) is 44.3 Å². The van der Waals surface area contributed by atoms with Crippen molar-refractivity contribution in [2.45, 2.75) is 45.6 Å². The molecule has 0 radical (unpaired) electrons. The first-order valence-electron chi connectivity index (χ1n) is 6.81. The highest BCUT2D eigenvalue weighted by Gasteiger charge is 2.21. The van der Waals surface area contributed by atoms with Crippen LogP contribution in [0.2, 0.25) is 0 Å². The van der Waals surface area contributed by atoms with Crippen LogP contribution in [0.3, 0.4) is 0 Å². The van der Waals surface area contributed by atoms with Gasteiger partial charge < -0.3 is 9.32 Å². The molecule has 1 atom stereocenters. The molecule has 1 aliphatic heterocycles. The van der Waals surface area contributed by atoms with E-state index in [1.54, 1.807) is 0 Å². The number of aromatic nitrogens is 2. The number of carbonyl (C=O) groups excluding carboxylic acids is 1. The first-order valence-corrected chi connectivity index (χ1v) is 6.81. The summed E-state index contributed by atoms with van der Waals surface area (Å²) in [6.45, 7) is 4.64. The zero-order valence-electron chi connectivity index (χ0n) is 11.0. The predicted octanol–water partition coefficient (Wildman–Crippen LogP) is 1.82. The van der Waals surface area contributed by atoms with Crippen LogP contribution in [-0.2, 0) is 17.8 Å². The smallest absolute Gasteiger partial charge is 0.240 e. The van der Waals surface area contributed by atoms with E-state index in [1.165, 1.54) is 0 Å². The molecule has 1 saturated heterocycles. The molecule has 1 fully saturated rings. The molecule has 18 heavy (non-hydrogen) atoms. The van der Waals surface area contributed by atoms with Gasteiger partial charge in [-0.1, -0.05) is 18.5 Å². The Kier molecular flexibility index (Phi) is 4.87. The summed E-state index contributed by atoms with van der Waals surface area (Å²) >= 11 is 0. The number of aryl methyl sites for hydroxylation is 1. The Labute approximate surface area is 108 Å². The first-order chi connectivity index (χ1) is 8.81. The van der Waals surface area contributed by atoms with E-state index in [1.807, 2.05) is 0 Å². The van der Waals surface area contributed by atoms with Crippen LogP contribution in [0.15, 0.2) is 4.52 Å².